The molecule has 0 saturated heterocycles. The zero-order valence-corrected chi connectivity index (χ0v) is 9.93. The van der Waals surface area contributed by atoms with Crippen LogP contribution >= 0.6 is 0 Å². The van der Waals surface area contributed by atoms with Crippen LogP contribution < -0.4 is 5.32 Å². The molecule has 0 aromatic rings. The maximum Gasteiger partial charge on any atom is 0.132 e. The van der Waals surface area contributed by atoms with Crippen molar-refractivity contribution < 1.29 is 9.53 Å². The van der Waals surface area contributed by atoms with Crippen molar-refractivity contribution >= 4 is 5.78 Å². The van der Waals surface area contributed by atoms with Gasteiger partial charge in [-0.15, -0.1) is 0 Å². The molecule has 2 saturated carbocycles. The Kier molecular flexibility index (Phi) is 2.63. The Morgan fingerprint density at radius 1 is 1.47 bits per heavy atom. The van der Waals surface area contributed by atoms with E-state index in [0.717, 1.165) is 25.7 Å². The van der Waals surface area contributed by atoms with Crippen molar-refractivity contribution in [2.24, 2.45) is 11.3 Å². The number of methoxy groups -OCH3 is 1. The van der Waals surface area contributed by atoms with Gasteiger partial charge < -0.3 is 4.74 Å². The molecule has 2 rings (SSSR count). The molecule has 15 heavy (non-hydrogen) atoms. The number of hydrogen-bond acceptors (Lipinski definition) is 3. The number of ether oxygens (including phenoxy) is 1. The molecule has 2 fully saturated rings. The molecule has 0 amide bonds. The van der Waals surface area contributed by atoms with Crippen molar-refractivity contribution in [1.82, 2.24) is 5.32 Å². The summed E-state index contributed by atoms with van der Waals surface area (Å²) < 4.78 is 5.51. The third-order valence-electron chi connectivity index (χ3n) is 4.44. The van der Waals surface area contributed by atoms with E-state index in [2.05, 4.69) is 5.32 Å². The zero-order valence-electron chi connectivity index (χ0n) is 9.93. The van der Waals surface area contributed by atoms with Crippen LogP contribution in [0.15, 0.2) is 0 Å². The highest BCUT2D eigenvalue weighted by Gasteiger charge is 2.57. The molecule has 3 heteroatoms. The second kappa shape index (κ2) is 3.56. The largest absolute Gasteiger partial charge is 0.364 e. The van der Waals surface area contributed by atoms with Gasteiger partial charge in [-0.2, -0.15) is 0 Å². The molecule has 3 nitrogen and oxygen atoms in total. The average molecular weight is 211 g/mol. The minimum Gasteiger partial charge on any atom is -0.364 e. The second-order valence-corrected chi connectivity index (χ2v) is 5.35. The quantitative estimate of drug-likeness (QED) is 0.722. The topological polar surface area (TPSA) is 38.3 Å². The van der Waals surface area contributed by atoms with Gasteiger partial charge in [0.25, 0.3) is 0 Å². The van der Waals surface area contributed by atoms with E-state index in [-0.39, 0.29) is 5.72 Å². The van der Waals surface area contributed by atoms with Gasteiger partial charge in [-0.05, 0) is 51.5 Å². The Labute approximate surface area is 91.6 Å². The van der Waals surface area contributed by atoms with Gasteiger partial charge in [-0.3, -0.25) is 10.1 Å². The molecule has 2 aliphatic rings. The highest BCUT2D eigenvalue weighted by molar-refractivity contribution is 5.78. The Balaban J connectivity index is 1.96. The van der Waals surface area contributed by atoms with Gasteiger partial charge in [0.2, 0.25) is 0 Å². The van der Waals surface area contributed by atoms with Gasteiger partial charge in [0.1, 0.15) is 11.5 Å². The molecule has 0 bridgehead atoms. The van der Waals surface area contributed by atoms with E-state index in [9.17, 15) is 4.79 Å². The molecule has 0 aliphatic heterocycles. The number of ketones is 1. The third kappa shape index (κ3) is 1.72. The summed E-state index contributed by atoms with van der Waals surface area (Å²) in [6.45, 7) is 1.73. The molecule has 1 unspecified atom stereocenters. The van der Waals surface area contributed by atoms with Crippen LogP contribution in [0.4, 0.5) is 0 Å². The predicted octanol–water partition coefficient (Wildman–Crippen LogP) is 1.72. The SMILES string of the molecule is CNC1(OC)CC2(CCC(C(C)=O)C2)C1. The van der Waals surface area contributed by atoms with E-state index >= 15 is 0 Å². The van der Waals surface area contributed by atoms with Crippen molar-refractivity contribution in [3.8, 4) is 0 Å². The molecule has 1 atom stereocenters. The van der Waals surface area contributed by atoms with Crippen LogP contribution in [-0.2, 0) is 9.53 Å². The number of hydrogen-bond donors (Lipinski definition) is 1. The van der Waals surface area contributed by atoms with E-state index in [1.807, 2.05) is 7.05 Å². The molecule has 0 aromatic heterocycles. The summed E-state index contributed by atoms with van der Waals surface area (Å²) in [6, 6.07) is 0. The Morgan fingerprint density at radius 2 is 2.13 bits per heavy atom. The summed E-state index contributed by atoms with van der Waals surface area (Å²) in [5.41, 5.74) is 0.293. The van der Waals surface area contributed by atoms with Crippen molar-refractivity contribution in [2.45, 2.75) is 44.8 Å². The van der Waals surface area contributed by atoms with Crippen LogP contribution in [0, 0.1) is 11.3 Å². The van der Waals surface area contributed by atoms with Gasteiger partial charge in [-0.1, -0.05) is 0 Å². The number of carbonyl (C=O) groups is 1. The molecule has 0 aromatic carbocycles. The molecule has 0 radical (unpaired) electrons. The summed E-state index contributed by atoms with van der Waals surface area (Å²) in [7, 11) is 3.72. The molecular weight excluding hydrogens is 190 g/mol. The summed E-state index contributed by atoms with van der Waals surface area (Å²) in [4.78, 5) is 11.3. The summed E-state index contributed by atoms with van der Waals surface area (Å²) >= 11 is 0. The van der Waals surface area contributed by atoms with Gasteiger partial charge in [0.05, 0.1) is 0 Å². The molecular formula is C12H21NO2. The zero-order chi connectivity index (χ0) is 11.1. The van der Waals surface area contributed by atoms with E-state index in [0.29, 0.717) is 17.1 Å². The van der Waals surface area contributed by atoms with E-state index in [1.165, 1.54) is 6.42 Å². The Morgan fingerprint density at radius 3 is 2.53 bits per heavy atom. The van der Waals surface area contributed by atoms with Crippen LogP contribution in [-0.4, -0.2) is 25.7 Å². The van der Waals surface area contributed by atoms with Crippen LogP contribution in [0.1, 0.15) is 39.0 Å². The number of carbonyl (C=O) groups excluding carboxylic acids is 1. The molecule has 2 aliphatic carbocycles. The van der Waals surface area contributed by atoms with E-state index < -0.39 is 0 Å². The first-order valence-electron chi connectivity index (χ1n) is 5.79. The minimum atomic E-state index is -0.105. The van der Waals surface area contributed by atoms with Crippen molar-refractivity contribution in [1.29, 1.82) is 0 Å². The first kappa shape index (κ1) is 11.1. The predicted molar refractivity (Wildman–Crippen MR) is 58.5 cm³/mol. The molecule has 86 valence electrons. The second-order valence-electron chi connectivity index (χ2n) is 5.35. The summed E-state index contributed by atoms with van der Waals surface area (Å²) in [6.07, 6.45) is 5.49. The summed E-state index contributed by atoms with van der Waals surface area (Å²) in [5, 5.41) is 3.25. The molecule has 0 heterocycles. The average Bonchev–Trinajstić information content (AvgIpc) is 2.59. The van der Waals surface area contributed by atoms with E-state index in [4.69, 9.17) is 4.74 Å². The van der Waals surface area contributed by atoms with Gasteiger partial charge >= 0.3 is 0 Å². The van der Waals surface area contributed by atoms with Crippen molar-refractivity contribution in [3.63, 3.8) is 0 Å². The van der Waals surface area contributed by atoms with Gasteiger partial charge in [0, 0.05) is 13.0 Å². The summed E-state index contributed by atoms with van der Waals surface area (Å²) in [5.74, 6) is 0.683. The molecule has 1 N–H and O–H groups in total. The van der Waals surface area contributed by atoms with E-state index in [1.54, 1.807) is 14.0 Å². The van der Waals surface area contributed by atoms with Crippen LogP contribution in [0.25, 0.3) is 0 Å². The number of Topliss-reactive ketones (excluding diaryl/α,β-unsaturated/α-hetero) is 1. The van der Waals surface area contributed by atoms with Gasteiger partial charge in [-0.25, -0.2) is 0 Å². The lowest BCUT2D eigenvalue weighted by Gasteiger charge is -2.54. The van der Waals surface area contributed by atoms with Gasteiger partial charge in [0.15, 0.2) is 0 Å². The smallest absolute Gasteiger partial charge is 0.132 e. The normalized spacial score (nSPS) is 44.3. The maximum absolute atomic E-state index is 11.3. The van der Waals surface area contributed by atoms with Crippen LogP contribution in [0.5, 0.6) is 0 Å². The first-order chi connectivity index (χ1) is 7.05. The van der Waals surface area contributed by atoms with Crippen LogP contribution in [0.2, 0.25) is 0 Å². The number of nitrogens with one attached hydrogen (secondary N) is 1. The lowest BCUT2D eigenvalue weighted by molar-refractivity contribution is -0.168. The molecule has 1 spiro atoms. The third-order valence-corrected chi connectivity index (χ3v) is 4.44. The van der Waals surface area contributed by atoms with Crippen molar-refractivity contribution in [2.75, 3.05) is 14.2 Å². The maximum atomic E-state index is 11.3. The minimum absolute atomic E-state index is 0.105. The lowest BCUT2D eigenvalue weighted by Crippen LogP contribution is -2.60. The van der Waals surface area contributed by atoms with Crippen LogP contribution in [0.3, 0.4) is 0 Å². The number of rotatable bonds is 3. The standard InChI is InChI=1S/C12H21NO2/c1-9(14)10-4-5-11(6-10)7-12(8-11,13-2)15-3/h10,13H,4-8H2,1-3H3. The highest BCUT2D eigenvalue weighted by Crippen LogP contribution is 2.59. The Hall–Kier alpha value is -0.410. The Bertz CT molecular complexity index is 263. The van der Waals surface area contributed by atoms with Crippen molar-refractivity contribution in [3.05, 3.63) is 0 Å². The fraction of sp³-hybridized carbons (Fsp3) is 0.917. The monoisotopic (exact) mass is 211 g/mol. The lowest BCUT2D eigenvalue weighted by atomic mass is 9.61. The first-order valence-corrected chi connectivity index (χ1v) is 5.79. The fourth-order valence-electron chi connectivity index (χ4n) is 3.46. The fourth-order valence-corrected chi connectivity index (χ4v) is 3.46. The highest BCUT2D eigenvalue weighted by atomic mass is 16.5.